The Hall–Kier alpha value is -2.00. The van der Waals surface area contributed by atoms with E-state index in [0.717, 1.165) is 32.5 Å². The Morgan fingerprint density at radius 2 is 2.04 bits per heavy atom. The highest BCUT2D eigenvalue weighted by Gasteiger charge is 2.19. The van der Waals surface area contributed by atoms with Gasteiger partial charge >= 0.3 is 0 Å². The van der Waals surface area contributed by atoms with E-state index in [-0.39, 0.29) is 0 Å². The van der Waals surface area contributed by atoms with Crippen molar-refractivity contribution < 1.29 is 0 Å². The van der Waals surface area contributed by atoms with E-state index in [0.29, 0.717) is 5.92 Å². The number of rotatable bonds is 4. The summed E-state index contributed by atoms with van der Waals surface area (Å²) in [4.78, 5) is 3.59. The summed E-state index contributed by atoms with van der Waals surface area (Å²) in [5, 5.41) is 4.97. The van der Waals surface area contributed by atoms with Gasteiger partial charge in [0.2, 0.25) is 0 Å². The molecule has 0 unspecified atom stereocenters. The van der Waals surface area contributed by atoms with Crippen LogP contribution < -0.4 is 5.32 Å². The van der Waals surface area contributed by atoms with Gasteiger partial charge in [-0.3, -0.25) is 0 Å². The zero-order chi connectivity index (χ0) is 16.7. The lowest BCUT2D eigenvalue weighted by atomic mass is 10.0. The number of fused-ring (bicyclic) bond motifs is 3. The van der Waals surface area contributed by atoms with Gasteiger partial charge in [0.05, 0.1) is 0 Å². The SMILES string of the molecule is Cc1ccc2c(c1)c1c(n2CCc2ccc(C(C)C)[nH]2)CCNC1. The molecule has 0 bridgehead atoms. The minimum Gasteiger partial charge on any atom is -0.362 e. The summed E-state index contributed by atoms with van der Waals surface area (Å²) in [7, 11) is 0. The minimum absolute atomic E-state index is 0.563. The van der Waals surface area contributed by atoms with Gasteiger partial charge < -0.3 is 14.9 Å². The molecule has 1 aliphatic rings. The third kappa shape index (κ3) is 2.67. The summed E-state index contributed by atoms with van der Waals surface area (Å²) in [6, 6.07) is 11.4. The Bertz CT molecular complexity index is 867. The Kier molecular flexibility index (Phi) is 3.97. The molecule has 0 aliphatic carbocycles. The number of aromatic amines is 1. The highest BCUT2D eigenvalue weighted by molar-refractivity contribution is 5.86. The van der Waals surface area contributed by atoms with Crippen LogP contribution in [0.15, 0.2) is 30.3 Å². The van der Waals surface area contributed by atoms with Crippen LogP contribution in [-0.2, 0) is 25.9 Å². The van der Waals surface area contributed by atoms with Crippen LogP contribution in [0.2, 0.25) is 0 Å². The third-order valence-corrected chi connectivity index (χ3v) is 5.28. The van der Waals surface area contributed by atoms with Crippen molar-refractivity contribution in [2.45, 2.75) is 52.6 Å². The second kappa shape index (κ2) is 6.14. The molecule has 126 valence electrons. The van der Waals surface area contributed by atoms with Crippen LogP contribution in [0.5, 0.6) is 0 Å². The molecule has 1 aromatic carbocycles. The maximum Gasteiger partial charge on any atom is 0.0486 e. The molecule has 1 aliphatic heterocycles. The van der Waals surface area contributed by atoms with Crippen LogP contribution in [0.3, 0.4) is 0 Å². The van der Waals surface area contributed by atoms with Crippen LogP contribution in [0, 0.1) is 6.92 Å². The van der Waals surface area contributed by atoms with E-state index in [9.17, 15) is 0 Å². The van der Waals surface area contributed by atoms with Crippen molar-refractivity contribution in [3.63, 3.8) is 0 Å². The first kappa shape index (κ1) is 15.5. The van der Waals surface area contributed by atoms with Gasteiger partial charge in [-0.15, -0.1) is 0 Å². The fourth-order valence-electron chi connectivity index (χ4n) is 3.92. The molecule has 24 heavy (non-hydrogen) atoms. The first-order valence-corrected chi connectivity index (χ1v) is 9.12. The number of aromatic nitrogens is 2. The summed E-state index contributed by atoms with van der Waals surface area (Å²) in [6.45, 7) is 9.80. The highest BCUT2D eigenvalue weighted by atomic mass is 15.0. The second-order valence-corrected chi connectivity index (χ2v) is 7.37. The first-order valence-electron chi connectivity index (χ1n) is 9.12. The quantitative estimate of drug-likeness (QED) is 0.738. The number of nitrogens with one attached hydrogen (secondary N) is 2. The Morgan fingerprint density at radius 1 is 1.17 bits per heavy atom. The Labute approximate surface area is 144 Å². The van der Waals surface area contributed by atoms with Crippen molar-refractivity contribution in [3.05, 3.63) is 58.5 Å². The monoisotopic (exact) mass is 321 g/mol. The highest BCUT2D eigenvalue weighted by Crippen LogP contribution is 2.29. The minimum atomic E-state index is 0.563. The van der Waals surface area contributed by atoms with E-state index in [4.69, 9.17) is 0 Å². The number of benzene rings is 1. The fraction of sp³-hybridized carbons (Fsp3) is 0.429. The van der Waals surface area contributed by atoms with Crippen molar-refractivity contribution in [1.29, 1.82) is 0 Å². The molecule has 0 saturated carbocycles. The van der Waals surface area contributed by atoms with Gasteiger partial charge in [0.25, 0.3) is 0 Å². The molecule has 3 aromatic rings. The normalized spacial score (nSPS) is 14.5. The lowest BCUT2D eigenvalue weighted by Crippen LogP contribution is -2.24. The predicted molar refractivity (Wildman–Crippen MR) is 101 cm³/mol. The van der Waals surface area contributed by atoms with Gasteiger partial charge in [-0.2, -0.15) is 0 Å². The molecule has 0 radical (unpaired) electrons. The van der Waals surface area contributed by atoms with Gasteiger partial charge in [0, 0.05) is 60.5 Å². The van der Waals surface area contributed by atoms with Gasteiger partial charge in [-0.05, 0) is 42.7 Å². The van der Waals surface area contributed by atoms with Crippen molar-refractivity contribution in [1.82, 2.24) is 14.9 Å². The molecule has 3 heteroatoms. The number of hydrogen-bond acceptors (Lipinski definition) is 1. The van der Waals surface area contributed by atoms with Crippen molar-refractivity contribution >= 4 is 10.9 Å². The molecule has 2 aromatic heterocycles. The van der Waals surface area contributed by atoms with Crippen LogP contribution in [-0.4, -0.2) is 16.1 Å². The Morgan fingerprint density at radius 3 is 2.83 bits per heavy atom. The molecule has 3 heterocycles. The topological polar surface area (TPSA) is 32.8 Å². The zero-order valence-corrected chi connectivity index (χ0v) is 14.9. The van der Waals surface area contributed by atoms with Crippen LogP contribution in [0.4, 0.5) is 0 Å². The van der Waals surface area contributed by atoms with Gasteiger partial charge in [-0.25, -0.2) is 0 Å². The van der Waals surface area contributed by atoms with E-state index in [1.165, 1.54) is 39.1 Å². The molecule has 4 rings (SSSR count). The number of hydrogen-bond donors (Lipinski definition) is 2. The molecule has 0 spiro atoms. The van der Waals surface area contributed by atoms with Crippen molar-refractivity contribution in [2.24, 2.45) is 0 Å². The molecule has 2 N–H and O–H groups in total. The van der Waals surface area contributed by atoms with E-state index in [1.54, 1.807) is 0 Å². The van der Waals surface area contributed by atoms with E-state index >= 15 is 0 Å². The summed E-state index contributed by atoms with van der Waals surface area (Å²) in [6.07, 6.45) is 2.19. The standard InChI is InChI=1S/C21H27N3/c1-14(2)19-6-5-16(23-19)9-11-24-20-7-4-15(3)12-17(20)18-13-22-10-8-21(18)24/h4-7,12,14,22-23H,8-11,13H2,1-3H3. The van der Waals surface area contributed by atoms with Crippen LogP contribution in [0.1, 0.15) is 48.0 Å². The maximum atomic E-state index is 3.59. The van der Waals surface area contributed by atoms with Crippen LogP contribution in [0.25, 0.3) is 10.9 Å². The maximum absolute atomic E-state index is 3.59. The fourth-order valence-corrected chi connectivity index (χ4v) is 3.92. The van der Waals surface area contributed by atoms with Gasteiger partial charge in [-0.1, -0.05) is 25.5 Å². The van der Waals surface area contributed by atoms with E-state index in [2.05, 4.69) is 66.0 Å². The number of aryl methyl sites for hydroxylation is 3. The average Bonchev–Trinajstić information content (AvgIpc) is 3.16. The lowest BCUT2D eigenvalue weighted by molar-refractivity contribution is 0.592. The lowest BCUT2D eigenvalue weighted by Gasteiger charge is -2.17. The summed E-state index contributed by atoms with van der Waals surface area (Å²) in [5.41, 5.74) is 8.46. The van der Waals surface area contributed by atoms with E-state index in [1.807, 2.05) is 0 Å². The molecule has 3 nitrogen and oxygen atoms in total. The zero-order valence-electron chi connectivity index (χ0n) is 14.9. The Balaban J connectivity index is 1.68. The second-order valence-electron chi connectivity index (χ2n) is 7.37. The number of nitrogens with zero attached hydrogens (tertiary/aromatic N) is 1. The summed E-state index contributed by atoms with van der Waals surface area (Å²) < 4.78 is 2.56. The van der Waals surface area contributed by atoms with Crippen molar-refractivity contribution in [3.8, 4) is 0 Å². The molecular weight excluding hydrogens is 294 g/mol. The van der Waals surface area contributed by atoms with Crippen molar-refractivity contribution in [2.75, 3.05) is 6.54 Å². The number of H-pyrrole nitrogens is 1. The predicted octanol–water partition coefficient (Wildman–Crippen LogP) is 4.29. The third-order valence-electron chi connectivity index (χ3n) is 5.28. The van der Waals surface area contributed by atoms with Gasteiger partial charge in [0.15, 0.2) is 0 Å². The summed E-state index contributed by atoms with van der Waals surface area (Å²) in [5.74, 6) is 0.563. The molecule has 0 fully saturated rings. The molecule has 0 saturated heterocycles. The summed E-state index contributed by atoms with van der Waals surface area (Å²) >= 11 is 0. The van der Waals surface area contributed by atoms with Crippen LogP contribution >= 0.6 is 0 Å². The largest absolute Gasteiger partial charge is 0.362 e. The van der Waals surface area contributed by atoms with E-state index < -0.39 is 0 Å². The first-order chi connectivity index (χ1) is 11.6. The van der Waals surface area contributed by atoms with Gasteiger partial charge in [0.1, 0.15) is 0 Å². The molecular formula is C21H27N3. The molecule has 0 atom stereocenters. The average molecular weight is 321 g/mol. The molecule has 0 amide bonds. The smallest absolute Gasteiger partial charge is 0.0486 e.